The number of alkyl halides is 3. The van der Waals surface area contributed by atoms with E-state index in [0.717, 1.165) is 12.1 Å². The highest BCUT2D eigenvalue weighted by atomic mass is 19.4. The van der Waals surface area contributed by atoms with Crippen LogP contribution in [-0.2, 0) is 10.9 Å². The molecular formula is C11H14F3NO2. The molecule has 0 fully saturated rings. The van der Waals surface area contributed by atoms with Crippen molar-refractivity contribution in [2.45, 2.75) is 12.3 Å². The Hall–Kier alpha value is -1.27. The van der Waals surface area contributed by atoms with Crippen molar-refractivity contribution in [2.24, 2.45) is 0 Å². The molecule has 1 atom stereocenters. The van der Waals surface area contributed by atoms with Crippen molar-refractivity contribution in [3.63, 3.8) is 0 Å². The lowest BCUT2D eigenvalue weighted by Crippen LogP contribution is -2.24. The number of ether oxygens (including phenoxy) is 1. The molecule has 0 aliphatic heterocycles. The summed E-state index contributed by atoms with van der Waals surface area (Å²) in [5.74, 6) is 0. The fraction of sp³-hybridized carbons (Fsp3) is 0.455. The van der Waals surface area contributed by atoms with Crippen molar-refractivity contribution in [1.82, 2.24) is 0 Å². The third-order valence-electron chi connectivity index (χ3n) is 2.09. The minimum atomic E-state index is -4.36. The number of hydrogen-bond acceptors (Lipinski definition) is 3. The zero-order valence-corrected chi connectivity index (χ0v) is 9.29. The molecule has 0 aliphatic rings. The van der Waals surface area contributed by atoms with Gasteiger partial charge in [0.25, 0.3) is 0 Å². The predicted molar refractivity (Wildman–Crippen MR) is 57.8 cm³/mol. The minimum Gasteiger partial charge on any atom is -0.389 e. The van der Waals surface area contributed by atoms with Crippen molar-refractivity contribution in [1.29, 1.82) is 0 Å². The van der Waals surface area contributed by atoms with E-state index in [0.29, 0.717) is 5.69 Å². The number of aliphatic hydroxyl groups is 1. The van der Waals surface area contributed by atoms with Crippen LogP contribution in [0.15, 0.2) is 24.3 Å². The van der Waals surface area contributed by atoms with Gasteiger partial charge in [0.1, 0.15) is 0 Å². The number of rotatable bonds is 5. The summed E-state index contributed by atoms with van der Waals surface area (Å²) < 4.78 is 41.9. The molecule has 96 valence electrons. The first-order valence-corrected chi connectivity index (χ1v) is 5.01. The Balaban J connectivity index is 2.60. The molecular weight excluding hydrogens is 235 g/mol. The highest BCUT2D eigenvalue weighted by molar-refractivity contribution is 5.46. The van der Waals surface area contributed by atoms with Crippen LogP contribution in [0.1, 0.15) is 5.56 Å². The Morgan fingerprint density at radius 2 is 2.12 bits per heavy atom. The lowest BCUT2D eigenvalue weighted by atomic mass is 10.2. The van der Waals surface area contributed by atoms with Gasteiger partial charge in [-0.25, -0.2) is 0 Å². The fourth-order valence-corrected chi connectivity index (χ4v) is 1.29. The van der Waals surface area contributed by atoms with Crippen molar-refractivity contribution < 1.29 is 23.0 Å². The molecule has 6 heteroatoms. The number of aliphatic hydroxyl groups excluding tert-OH is 1. The Labute approximate surface area is 97.2 Å². The molecule has 3 nitrogen and oxygen atoms in total. The lowest BCUT2D eigenvalue weighted by Gasteiger charge is -2.13. The van der Waals surface area contributed by atoms with Crippen LogP contribution in [0, 0.1) is 0 Å². The van der Waals surface area contributed by atoms with E-state index in [1.165, 1.54) is 19.2 Å². The summed E-state index contributed by atoms with van der Waals surface area (Å²) >= 11 is 0. The van der Waals surface area contributed by atoms with Gasteiger partial charge in [0.15, 0.2) is 0 Å². The smallest absolute Gasteiger partial charge is 0.389 e. The van der Waals surface area contributed by atoms with Crippen LogP contribution in [0.5, 0.6) is 0 Å². The van der Waals surface area contributed by atoms with Gasteiger partial charge < -0.3 is 15.2 Å². The van der Waals surface area contributed by atoms with Crippen molar-refractivity contribution >= 4 is 5.69 Å². The largest absolute Gasteiger partial charge is 0.416 e. The van der Waals surface area contributed by atoms with Crippen LogP contribution in [-0.4, -0.2) is 31.5 Å². The Bertz CT molecular complexity index is 355. The van der Waals surface area contributed by atoms with E-state index in [2.05, 4.69) is 5.32 Å². The predicted octanol–water partition coefficient (Wildman–Crippen LogP) is 2.12. The Kier molecular flexibility index (Phi) is 4.77. The molecule has 0 saturated carbocycles. The molecule has 0 spiro atoms. The Morgan fingerprint density at radius 1 is 1.41 bits per heavy atom. The normalized spacial score (nSPS) is 13.5. The monoisotopic (exact) mass is 249 g/mol. The van der Waals surface area contributed by atoms with Crippen molar-refractivity contribution in [2.75, 3.05) is 25.6 Å². The van der Waals surface area contributed by atoms with E-state index in [1.807, 2.05) is 0 Å². The maximum atomic E-state index is 12.4. The summed E-state index contributed by atoms with van der Waals surface area (Å²) in [6.07, 6.45) is -5.11. The second-order valence-electron chi connectivity index (χ2n) is 3.57. The molecule has 0 amide bonds. The van der Waals surface area contributed by atoms with Crippen LogP contribution in [0.25, 0.3) is 0 Å². The SMILES string of the molecule is COCC(O)CNc1cccc(C(F)(F)F)c1. The molecule has 0 bridgehead atoms. The average Bonchev–Trinajstić information content (AvgIpc) is 2.26. The standard InChI is InChI=1S/C11H14F3NO2/c1-17-7-10(16)6-15-9-4-2-3-8(5-9)11(12,13)14/h2-5,10,15-16H,6-7H2,1H3. The Morgan fingerprint density at radius 3 is 2.71 bits per heavy atom. The third kappa shape index (κ3) is 4.62. The summed E-state index contributed by atoms with van der Waals surface area (Å²) in [5, 5.41) is 12.0. The molecule has 1 unspecified atom stereocenters. The molecule has 0 aromatic heterocycles. The average molecular weight is 249 g/mol. The fourth-order valence-electron chi connectivity index (χ4n) is 1.29. The molecule has 1 rings (SSSR count). The second-order valence-corrected chi connectivity index (χ2v) is 3.57. The highest BCUT2D eigenvalue weighted by Gasteiger charge is 2.30. The molecule has 0 saturated heterocycles. The first-order valence-electron chi connectivity index (χ1n) is 5.01. The quantitative estimate of drug-likeness (QED) is 0.840. The summed E-state index contributed by atoms with van der Waals surface area (Å²) in [6, 6.07) is 4.82. The summed E-state index contributed by atoms with van der Waals surface area (Å²) in [5.41, 5.74) is -0.404. The van der Waals surface area contributed by atoms with Crippen molar-refractivity contribution in [3.05, 3.63) is 29.8 Å². The van der Waals surface area contributed by atoms with E-state index in [1.54, 1.807) is 0 Å². The number of methoxy groups -OCH3 is 1. The van der Waals surface area contributed by atoms with Crippen LogP contribution >= 0.6 is 0 Å². The topological polar surface area (TPSA) is 41.5 Å². The number of benzene rings is 1. The van der Waals surface area contributed by atoms with Crippen LogP contribution in [0.4, 0.5) is 18.9 Å². The van der Waals surface area contributed by atoms with E-state index in [4.69, 9.17) is 4.74 Å². The zero-order valence-electron chi connectivity index (χ0n) is 9.29. The van der Waals surface area contributed by atoms with E-state index in [-0.39, 0.29) is 13.2 Å². The maximum Gasteiger partial charge on any atom is 0.416 e. The van der Waals surface area contributed by atoms with E-state index in [9.17, 15) is 18.3 Å². The van der Waals surface area contributed by atoms with Gasteiger partial charge >= 0.3 is 6.18 Å². The second kappa shape index (κ2) is 5.88. The van der Waals surface area contributed by atoms with Gasteiger partial charge in [-0.15, -0.1) is 0 Å². The number of anilines is 1. The van der Waals surface area contributed by atoms with Crippen LogP contribution in [0.2, 0.25) is 0 Å². The first-order chi connectivity index (χ1) is 7.93. The number of halogens is 3. The molecule has 1 aromatic rings. The number of nitrogens with one attached hydrogen (secondary N) is 1. The molecule has 0 aliphatic carbocycles. The van der Waals surface area contributed by atoms with E-state index < -0.39 is 17.8 Å². The molecule has 2 N–H and O–H groups in total. The van der Waals surface area contributed by atoms with Gasteiger partial charge in [-0.05, 0) is 18.2 Å². The van der Waals surface area contributed by atoms with Gasteiger partial charge in [0.05, 0.1) is 18.3 Å². The molecule has 0 radical (unpaired) electrons. The first kappa shape index (κ1) is 13.8. The zero-order chi connectivity index (χ0) is 12.9. The van der Waals surface area contributed by atoms with Gasteiger partial charge in [-0.1, -0.05) is 6.07 Å². The summed E-state index contributed by atoms with van der Waals surface area (Å²) in [7, 11) is 1.44. The highest BCUT2D eigenvalue weighted by Crippen LogP contribution is 2.30. The van der Waals surface area contributed by atoms with Gasteiger partial charge in [-0.2, -0.15) is 13.2 Å². The minimum absolute atomic E-state index is 0.131. The molecule has 0 heterocycles. The van der Waals surface area contributed by atoms with Crippen molar-refractivity contribution in [3.8, 4) is 0 Å². The molecule has 1 aromatic carbocycles. The van der Waals surface area contributed by atoms with Gasteiger partial charge in [0, 0.05) is 19.3 Å². The lowest BCUT2D eigenvalue weighted by molar-refractivity contribution is -0.137. The van der Waals surface area contributed by atoms with Crippen LogP contribution in [0.3, 0.4) is 0 Å². The van der Waals surface area contributed by atoms with Crippen LogP contribution < -0.4 is 5.32 Å². The van der Waals surface area contributed by atoms with E-state index >= 15 is 0 Å². The van der Waals surface area contributed by atoms with Gasteiger partial charge in [-0.3, -0.25) is 0 Å². The van der Waals surface area contributed by atoms with Gasteiger partial charge in [0.2, 0.25) is 0 Å². The number of hydrogen-bond donors (Lipinski definition) is 2. The summed E-state index contributed by atoms with van der Waals surface area (Å²) in [4.78, 5) is 0. The summed E-state index contributed by atoms with van der Waals surface area (Å²) in [6.45, 7) is 0.265. The maximum absolute atomic E-state index is 12.4. The third-order valence-corrected chi connectivity index (χ3v) is 2.09. The molecule has 17 heavy (non-hydrogen) atoms.